The van der Waals surface area contributed by atoms with E-state index in [0.717, 1.165) is 25.0 Å². The Morgan fingerprint density at radius 1 is 1.22 bits per heavy atom. The molecule has 4 heteroatoms. The molecule has 0 spiro atoms. The molecule has 1 aromatic heterocycles. The summed E-state index contributed by atoms with van der Waals surface area (Å²) in [5.74, 6) is 1.09. The number of hydrogen-bond acceptors (Lipinski definition) is 3. The second-order valence-corrected chi connectivity index (χ2v) is 5.32. The van der Waals surface area contributed by atoms with Crippen molar-refractivity contribution in [3.63, 3.8) is 0 Å². The van der Waals surface area contributed by atoms with Gasteiger partial charge in [-0.25, -0.2) is 9.67 Å². The summed E-state index contributed by atoms with van der Waals surface area (Å²) in [5.41, 5.74) is 0. The molecule has 1 aromatic rings. The molecule has 1 saturated carbocycles. The predicted molar refractivity (Wildman–Crippen MR) is 73.3 cm³/mol. The summed E-state index contributed by atoms with van der Waals surface area (Å²) in [4.78, 5) is 4.33. The molecule has 0 aliphatic heterocycles. The lowest BCUT2D eigenvalue weighted by Gasteiger charge is -2.06. The van der Waals surface area contributed by atoms with Gasteiger partial charge in [-0.05, 0) is 19.3 Å². The molecule has 1 aliphatic carbocycles. The van der Waals surface area contributed by atoms with Gasteiger partial charge in [0.15, 0.2) is 0 Å². The van der Waals surface area contributed by atoms with Crippen LogP contribution < -0.4 is 5.32 Å². The maximum atomic E-state index is 4.33. The molecule has 1 heterocycles. The smallest absolute Gasteiger partial charge is 0.140 e. The minimum absolute atomic E-state index is 0.740. The summed E-state index contributed by atoms with van der Waals surface area (Å²) in [6.45, 7) is 4.16. The second-order valence-electron chi connectivity index (χ2n) is 5.32. The van der Waals surface area contributed by atoms with Crippen LogP contribution in [0.4, 0.5) is 0 Å². The molecular weight excluding hydrogens is 224 g/mol. The van der Waals surface area contributed by atoms with Crippen LogP contribution in [-0.2, 0) is 13.1 Å². The van der Waals surface area contributed by atoms with Crippen molar-refractivity contribution in [1.29, 1.82) is 0 Å². The zero-order valence-electron chi connectivity index (χ0n) is 11.6. The first kappa shape index (κ1) is 13.5. The number of nitrogens with one attached hydrogen (secondary N) is 1. The molecule has 1 aliphatic rings. The topological polar surface area (TPSA) is 42.7 Å². The maximum Gasteiger partial charge on any atom is 0.140 e. The Balaban J connectivity index is 1.60. The quantitative estimate of drug-likeness (QED) is 0.649. The van der Waals surface area contributed by atoms with Gasteiger partial charge in [-0.3, -0.25) is 0 Å². The molecule has 0 atom stereocenters. The number of aryl methyl sites for hydroxylation is 1. The number of nitrogens with zero attached hydrogens (tertiary/aromatic N) is 3. The average molecular weight is 250 g/mol. The van der Waals surface area contributed by atoms with E-state index < -0.39 is 0 Å². The lowest BCUT2D eigenvalue weighted by atomic mass is 10.1. The molecule has 18 heavy (non-hydrogen) atoms. The van der Waals surface area contributed by atoms with Gasteiger partial charge in [0.2, 0.25) is 0 Å². The minimum Gasteiger partial charge on any atom is -0.307 e. The minimum atomic E-state index is 0.740. The fraction of sp³-hybridized carbons (Fsp3) is 0.857. The number of aromatic nitrogens is 3. The van der Waals surface area contributed by atoms with E-state index >= 15 is 0 Å². The van der Waals surface area contributed by atoms with Crippen molar-refractivity contribution in [2.24, 2.45) is 0 Å². The largest absolute Gasteiger partial charge is 0.307 e. The molecule has 0 radical (unpaired) electrons. The summed E-state index contributed by atoms with van der Waals surface area (Å²) in [5, 5.41) is 7.81. The van der Waals surface area contributed by atoms with Crippen LogP contribution >= 0.6 is 0 Å². The van der Waals surface area contributed by atoms with E-state index in [9.17, 15) is 0 Å². The van der Waals surface area contributed by atoms with Gasteiger partial charge >= 0.3 is 0 Å². The van der Waals surface area contributed by atoms with Crippen LogP contribution in [0, 0.1) is 0 Å². The molecule has 0 saturated heterocycles. The van der Waals surface area contributed by atoms with Gasteiger partial charge in [-0.15, -0.1) is 0 Å². The van der Waals surface area contributed by atoms with Crippen molar-refractivity contribution >= 4 is 0 Å². The molecule has 0 unspecified atom stereocenters. The Morgan fingerprint density at radius 2 is 2.00 bits per heavy atom. The molecule has 102 valence electrons. The lowest BCUT2D eigenvalue weighted by molar-refractivity contribution is 0.499. The predicted octanol–water partition coefficient (Wildman–Crippen LogP) is 2.89. The van der Waals surface area contributed by atoms with Crippen LogP contribution in [0.25, 0.3) is 0 Å². The van der Waals surface area contributed by atoms with Gasteiger partial charge < -0.3 is 5.32 Å². The van der Waals surface area contributed by atoms with Crippen LogP contribution in [0.5, 0.6) is 0 Å². The number of unbranched alkanes of at least 4 members (excludes halogenated alkanes) is 5. The number of rotatable bonds is 10. The van der Waals surface area contributed by atoms with Crippen molar-refractivity contribution in [2.45, 2.75) is 77.4 Å². The highest BCUT2D eigenvalue weighted by atomic mass is 15.3. The molecular formula is C14H26N4. The van der Waals surface area contributed by atoms with Crippen molar-refractivity contribution in [3.05, 3.63) is 12.2 Å². The average Bonchev–Trinajstić information content (AvgIpc) is 3.11. The maximum absolute atomic E-state index is 4.33. The van der Waals surface area contributed by atoms with E-state index in [2.05, 4.69) is 27.0 Å². The van der Waals surface area contributed by atoms with E-state index in [4.69, 9.17) is 0 Å². The van der Waals surface area contributed by atoms with Gasteiger partial charge in [0.25, 0.3) is 0 Å². The van der Waals surface area contributed by atoms with E-state index in [1.54, 1.807) is 6.33 Å². The molecule has 2 rings (SSSR count). The van der Waals surface area contributed by atoms with Crippen molar-refractivity contribution < 1.29 is 0 Å². The van der Waals surface area contributed by atoms with Crippen molar-refractivity contribution in [1.82, 2.24) is 20.1 Å². The van der Waals surface area contributed by atoms with Gasteiger partial charge in [-0.2, -0.15) is 5.10 Å². The molecule has 0 bridgehead atoms. The Bertz CT molecular complexity index is 330. The summed E-state index contributed by atoms with van der Waals surface area (Å²) >= 11 is 0. The fourth-order valence-corrected chi connectivity index (χ4v) is 2.18. The van der Waals surface area contributed by atoms with E-state index in [-0.39, 0.29) is 0 Å². The normalized spacial score (nSPS) is 15.2. The highest BCUT2D eigenvalue weighted by molar-refractivity contribution is 4.88. The summed E-state index contributed by atoms with van der Waals surface area (Å²) in [6.07, 6.45) is 12.3. The lowest BCUT2D eigenvalue weighted by Crippen LogP contribution is -2.19. The van der Waals surface area contributed by atoms with Crippen LogP contribution in [0.15, 0.2) is 6.33 Å². The van der Waals surface area contributed by atoms with Crippen LogP contribution in [0.3, 0.4) is 0 Å². The first-order valence-corrected chi connectivity index (χ1v) is 7.50. The summed E-state index contributed by atoms with van der Waals surface area (Å²) in [7, 11) is 0. The van der Waals surface area contributed by atoms with Gasteiger partial charge in [0.1, 0.15) is 12.2 Å². The Hall–Kier alpha value is -0.900. The van der Waals surface area contributed by atoms with Crippen molar-refractivity contribution in [3.8, 4) is 0 Å². The van der Waals surface area contributed by atoms with Crippen LogP contribution in [0.1, 0.15) is 64.1 Å². The standard InChI is InChI=1S/C14H26N4/c1-2-3-4-5-6-7-10-18-14(16-12-17-18)11-15-13-8-9-13/h12-13,15H,2-11H2,1H3. The Kier molecular flexibility index (Phi) is 5.65. The second kappa shape index (κ2) is 7.52. The Labute approximate surface area is 110 Å². The monoisotopic (exact) mass is 250 g/mol. The van der Waals surface area contributed by atoms with E-state index in [1.807, 2.05) is 0 Å². The fourth-order valence-electron chi connectivity index (χ4n) is 2.18. The van der Waals surface area contributed by atoms with Crippen LogP contribution in [-0.4, -0.2) is 20.8 Å². The molecule has 4 nitrogen and oxygen atoms in total. The Morgan fingerprint density at radius 3 is 2.78 bits per heavy atom. The molecule has 1 fully saturated rings. The van der Waals surface area contributed by atoms with E-state index in [1.165, 1.54) is 51.4 Å². The first-order valence-electron chi connectivity index (χ1n) is 7.50. The summed E-state index contributed by atoms with van der Waals surface area (Å²) < 4.78 is 2.06. The molecule has 0 amide bonds. The van der Waals surface area contributed by atoms with Gasteiger partial charge in [0.05, 0.1) is 6.54 Å². The zero-order chi connectivity index (χ0) is 12.6. The van der Waals surface area contributed by atoms with Gasteiger partial charge in [0, 0.05) is 12.6 Å². The molecule has 1 N–H and O–H groups in total. The van der Waals surface area contributed by atoms with E-state index in [0.29, 0.717) is 0 Å². The van der Waals surface area contributed by atoms with Crippen LogP contribution in [0.2, 0.25) is 0 Å². The third-order valence-electron chi connectivity index (χ3n) is 3.55. The third kappa shape index (κ3) is 4.77. The van der Waals surface area contributed by atoms with Gasteiger partial charge in [-0.1, -0.05) is 39.0 Å². The number of hydrogen-bond donors (Lipinski definition) is 1. The third-order valence-corrected chi connectivity index (χ3v) is 3.55. The summed E-state index contributed by atoms with van der Waals surface area (Å²) in [6, 6.07) is 0.740. The highest BCUT2D eigenvalue weighted by Crippen LogP contribution is 2.19. The van der Waals surface area contributed by atoms with Crippen molar-refractivity contribution in [2.75, 3.05) is 0 Å². The SMILES string of the molecule is CCCCCCCCn1ncnc1CNC1CC1. The first-order chi connectivity index (χ1) is 8.90. The molecule has 0 aromatic carbocycles. The zero-order valence-corrected chi connectivity index (χ0v) is 11.6. The highest BCUT2D eigenvalue weighted by Gasteiger charge is 2.20.